The Balaban J connectivity index is 1.40. The van der Waals surface area contributed by atoms with Crippen molar-refractivity contribution in [3.05, 3.63) is 132 Å². The third kappa shape index (κ3) is 4.69. The first-order valence-corrected chi connectivity index (χ1v) is 15.1. The predicted octanol–water partition coefficient (Wildman–Crippen LogP) is 9.18. The highest BCUT2D eigenvalue weighted by Crippen LogP contribution is 2.31. The zero-order valence-electron chi connectivity index (χ0n) is 22.2. The molecule has 0 radical (unpaired) electrons. The number of fused-ring (bicyclic) bond motifs is 3. The van der Waals surface area contributed by atoms with E-state index < -0.39 is 0 Å². The van der Waals surface area contributed by atoms with E-state index in [-0.39, 0.29) is 5.56 Å². The Morgan fingerprint density at radius 3 is 2.57 bits per heavy atom. The van der Waals surface area contributed by atoms with Gasteiger partial charge in [0.2, 0.25) is 5.82 Å². The highest BCUT2D eigenvalue weighted by molar-refractivity contribution is 9.11. The number of benzene rings is 4. The number of rotatable bonds is 5. The van der Waals surface area contributed by atoms with Gasteiger partial charge in [-0.25, -0.2) is 4.98 Å². The molecule has 0 spiro atoms. The largest absolute Gasteiger partial charge is 0.453 e. The van der Waals surface area contributed by atoms with Crippen LogP contribution in [0.25, 0.3) is 44.4 Å². The smallest absolute Gasteiger partial charge is 0.282 e. The number of hydrogen-bond donors (Lipinski definition) is 0. The summed E-state index contributed by atoms with van der Waals surface area (Å²) in [6.07, 6.45) is 1.74. The van der Waals surface area contributed by atoms with E-state index in [2.05, 4.69) is 61.5 Å². The standard InChI is InChI=1S/C33H21Br2ClN4O2/c1-19-26(24-6-3-5-9-29(24)39(19)18-20-10-11-22(34)16-27(20)35)17-37-40-32(38-28-8-4-2-7-25(28)33(40)41)31-15-21-14-23(36)12-13-30(21)42-31/h2-17H,18H2,1H3. The van der Waals surface area contributed by atoms with Gasteiger partial charge in [-0.15, -0.1) is 0 Å². The normalized spacial score (nSPS) is 11.9. The van der Waals surface area contributed by atoms with Crippen molar-refractivity contribution in [3.8, 4) is 11.6 Å². The van der Waals surface area contributed by atoms with Gasteiger partial charge in [-0.1, -0.05) is 79.9 Å². The average molecular weight is 701 g/mol. The first kappa shape index (κ1) is 26.9. The number of hydrogen-bond acceptors (Lipinski definition) is 4. The zero-order valence-corrected chi connectivity index (χ0v) is 26.1. The van der Waals surface area contributed by atoms with Gasteiger partial charge in [0.1, 0.15) is 5.58 Å². The van der Waals surface area contributed by atoms with Crippen LogP contribution in [-0.4, -0.2) is 20.4 Å². The molecule has 0 aliphatic rings. The van der Waals surface area contributed by atoms with E-state index in [0.29, 0.717) is 39.6 Å². The Bertz CT molecular complexity index is 2270. The van der Waals surface area contributed by atoms with Gasteiger partial charge in [-0.3, -0.25) is 4.79 Å². The highest BCUT2D eigenvalue weighted by Gasteiger charge is 2.18. The Kier molecular flexibility index (Phi) is 6.85. The van der Waals surface area contributed by atoms with Gasteiger partial charge in [0.25, 0.3) is 5.56 Å². The molecule has 0 N–H and O–H groups in total. The second kappa shape index (κ2) is 10.7. The fraction of sp³-hybridized carbons (Fsp3) is 0.0606. The molecule has 7 aromatic rings. The molecule has 0 atom stereocenters. The van der Waals surface area contributed by atoms with Crippen LogP contribution < -0.4 is 5.56 Å². The van der Waals surface area contributed by atoms with Crippen LogP contribution in [0.2, 0.25) is 5.02 Å². The quantitative estimate of drug-likeness (QED) is 0.168. The summed E-state index contributed by atoms with van der Waals surface area (Å²) in [5.74, 6) is 0.731. The predicted molar refractivity (Wildman–Crippen MR) is 177 cm³/mol. The van der Waals surface area contributed by atoms with E-state index >= 15 is 0 Å². The van der Waals surface area contributed by atoms with Crippen molar-refractivity contribution in [2.75, 3.05) is 0 Å². The number of aromatic nitrogens is 3. The lowest BCUT2D eigenvalue weighted by Gasteiger charge is -2.11. The molecule has 3 aromatic heterocycles. The Labute approximate surface area is 262 Å². The Morgan fingerprint density at radius 1 is 0.952 bits per heavy atom. The van der Waals surface area contributed by atoms with Crippen molar-refractivity contribution in [1.29, 1.82) is 0 Å². The van der Waals surface area contributed by atoms with Gasteiger partial charge >= 0.3 is 0 Å². The van der Waals surface area contributed by atoms with Gasteiger partial charge in [-0.05, 0) is 67.1 Å². The molecule has 0 bridgehead atoms. The molecule has 0 aliphatic heterocycles. The van der Waals surface area contributed by atoms with Crippen LogP contribution in [-0.2, 0) is 6.54 Å². The van der Waals surface area contributed by atoms with Gasteiger partial charge < -0.3 is 8.98 Å². The lowest BCUT2D eigenvalue weighted by Crippen LogP contribution is -2.20. The van der Waals surface area contributed by atoms with Gasteiger partial charge in [0, 0.05) is 48.1 Å². The Morgan fingerprint density at radius 2 is 1.74 bits per heavy atom. The zero-order chi connectivity index (χ0) is 29.0. The van der Waals surface area contributed by atoms with Crippen LogP contribution in [0.15, 0.2) is 114 Å². The van der Waals surface area contributed by atoms with Crippen molar-refractivity contribution < 1.29 is 4.42 Å². The molecule has 7 rings (SSSR count). The second-order valence-electron chi connectivity index (χ2n) is 9.94. The third-order valence-electron chi connectivity index (χ3n) is 7.38. The first-order chi connectivity index (χ1) is 20.4. The molecular formula is C33H21Br2ClN4O2. The first-order valence-electron chi connectivity index (χ1n) is 13.1. The molecule has 0 amide bonds. The van der Waals surface area contributed by atoms with E-state index in [0.717, 1.165) is 42.1 Å². The lowest BCUT2D eigenvalue weighted by molar-refractivity contribution is 0.616. The van der Waals surface area contributed by atoms with Crippen molar-refractivity contribution >= 4 is 82.5 Å². The van der Waals surface area contributed by atoms with Crippen LogP contribution in [0.4, 0.5) is 0 Å². The molecular weight excluding hydrogens is 680 g/mol. The topological polar surface area (TPSA) is 65.3 Å². The van der Waals surface area contributed by atoms with Crippen LogP contribution in [0, 0.1) is 6.92 Å². The molecule has 9 heteroatoms. The molecule has 0 unspecified atom stereocenters. The third-order valence-corrected chi connectivity index (χ3v) is 8.84. The van der Waals surface area contributed by atoms with Crippen LogP contribution in [0.3, 0.4) is 0 Å². The minimum Gasteiger partial charge on any atom is -0.453 e. The number of halogens is 3. The molecule has 0 saturated heterocycles. The summed E-state index contributed by atoms with van der Waals surface area (Å²) in [4.78, 5) is 18.6. The monoisotopic (exact) mass is 698 g/mol. The van der Waals surface area contributed by atoms with Crippen molar-refractivity contribution in [3.63, 3.8) is 0 Å². The fourth-order valence-electron chi connectivity index (χ4n) is 5.27. The molecule has 0 fully saturated rings. The summed E-state index contributed by atoms with van der Waals surface area (Å²) in [7, 11) is 0. The molecule has 0 aliphatic carbocycles. The molecule has 3 heterocycles. The van der Waals surface area contributed by atoms with Gasteiger partial charge in [0.05, 0.1) is 17.1 Å². The Hall–Kier alpha value is -3.98. The fourth-order valence-corrected chi connectivity index (χ4v) is 6.63. The van der Waals surface area contributed by atoms with Gasteiger partial charge in [-0.2, -0.15) is 9.78 Å². The minimum atomic E-state index is -0.287. The second-order valence-corrected chi connectivity index (χ2v) is 12.2. The van der Waals surface area contributed by atoms with E-state index in [9.17, 15) is 4.79 Å². The van der Waals surface area contributed by atoms with E-state index in [1.165, 1.54) is 4.68 Å². The van der Waals surface area contributed by atoms with Crippen molar-refractivity contribution in [2.24, 2.45) is 5.10 Å². The SMILES string of the molecule is Cc1c(C=Nn2c(-c3cc4cc(Cl)ccc4o3)nc3ccccc3c2=O)c2ccccc2n1Cc1ccc(Br)cc1Br. The number of nitrogens with zero attached hydrogens (tertiary/aromatic N) is 4. The van der Waals surface area contributed by atoms with Gasteiger partial charge in [0.15, 0.2) is 5.76 Å². The maximum absolute atomic E-state index is 13.8. The molecule has 0 saturated carbocycles. The van der Waals surface area contributed by atoms with Crippen LogP contribution in [0.5, 0.6) is 0 Å². The summed E-state index contributed by atoms with van der Waals surface area (Å²) in [6.45, 7) is 2.73. The lowest BCUT2D eigenvalue weighted by atomic mass is 10.1. The number of furan rings is 1. The average Bonchev–Trinajstić information content (AvgIpc) is 3.52. The van der Waals surface area contributed by atoms with E-state index in [1.54, 1.807) is 24.4 Å². The van der Waals surface area contributed by atoms with E-state index in [4.69, 9.17) is 26.1 Å². The summed E-state index contributed by atoms with van der Waals surface area (Å²) in [5, 5.41) is 7.67. The number of para-hydroxylation sites is 2. The van der Waals surface area contributed by atoms with Crippen molar-refractivity contribution in [2.45, 2.75) is 13.5 Å². The minimum absolute atomic E-state index is 0.287. The summed E-state index contributed by atoms with van der Waals surface area (Å²) in [6, 6.07) is 28.8. The highest BCUT2D eigenvalue weighted by atomic mass is 79.9. The van der Waals surface area contributed by atoms with Crippen LogP contribution in [0.1, 0.15) is 16.8 Å². The van der Waals surface area contributed by atoms with Crippen molar-refractivity contribution in [1.82, 2.24) is 14.2 Å². The molecule has 4 aromatic carbocycles. The molecule has 42 heavy (non-hydrogen) atoms. The van der Waals surface area contributed by atoms with Crippen LogP contribution >= 0.6 is 43.5 Å². The maximum atomic E-state index is 13.8. The molecule has 206 valence electrons. The van der Waals surface area contributed by atoms with E-state index in [1.807, 2.05) is 54.6 Å². The summed E-state index contributed by atoms with van der Waals surface area (Å²) < 4.78 is 11.7. The maximum Gasteiger partial charge on any atom is 0.282 e. The summed E-state index contributed by atoms with van der Waals surface area (Å²) in [5.41, 5.74) is 5.08. The molecule has 6 nitrogen and oxygen atoms in total. The summed E-state index contributed by atoms with van der Waals surface area (Å²) >= 11 is 13.5.